The molecule has 0 saturated carbocycles. The molecule has 2 aromatic rings. The molecule has 1 atom stereocenters. The summed E-state index contributed by atoms with van der Waals surface area (Å²) in [6, 6.07) is 12.2. The molecule has 3 rings (SSSR count). The second-order valence-electron chi connectivity index (χ2n) is 7.02. The van der Waals surface area contributed by atoms with E-state index in [-0.39, 0.29) is 31.3 Å². The number of carbonyl (C=O) groups is 3. The van der Waals surface area contributed by atoms with E-state index in [0.29, 0.717) is 23.2 Å². The van der Waals surface area contributed by atoms with Crippen LogP contribution in [0.1, 0.15) is 43.8 Å². The van der Waals surface area contributed by atoms with Gasteiger partial charge in [-0.3, -0.25) is 14.4 Å². The second kappa shape index (κ2) is 8.35. The Morgan fingerprint density at radius 2 is 1.79 bits per heavy atom. The largest absolute Gasteiger partial charge is 0.481 e. The van der Waals surface area contributed by atoms with Crippen LogP contribution >= 0.6 is 0 Å². The molecule has 6 heteroatoms. The van der Waals surface area contributed by atoms with Crippen molar-refractivity contribution in [2.24, 2.45) is 0 Å². The highest BCUT2D eigenvalue weighted by Crippen LogP contribution is 2.20. The normalized spacial score (nSPS) is 16.6. The summed E-state index contributed by atoms with van der Waals surface area (Å²) in [5.74, 6) is -1.46. The number of aliphatic carboxylic acids is 1. The number of amides is 1. The lowest BCUT2D eigenvalue weighted by molar-refractivity contribution is -0.141. The van der Waals surface area contributed by atoms with Crippen LogP contribution in [0.25, 0.3) is 0 Å². The average Bonchev–Trinajstić information content (AvgIpc) is 2.68. The van der Waals surface area contributed by atoms with Gasteiger partial charge < -0.3 is 14.7 Å². The van der Waals surface area contributed by atoms with Crippen LogP contribution in [0.15, 0.2) is 42.5 Å². The lowest BCUT2D eigenvalue weighted by Crippen LogP contribution is -2.46. The number of benzene rings is 2. The van der Waals surface area contributed by atoms with Crippen molar-refractivity contribution in [1.29, 1.82) is 0 Å². The minimum absolute atomic E-state index is 0.160. The molecule has 28 heavy (non-hydrogen) atoms. The Bertz CT molecular complexity index is 921. The van der Waals surface area contributed by atoms with Crippen molar-refractivity contribution >= 4 is 17.7 Å². The molecule has 1 amide bonds. The molecule has 1 fully saturated rings. The standard InChI is InChI=1S/C22H23NO5/c1-14-7-8-16(11-15(14)2)21(26)18-5-3-4-6-19(18)22(27)23-9-10-28-17(13-23)12-20(24)25/h3-8,11,17H,9-10,12-13H2,1-2H3,(H,24,25)/t17-/m1/s1. The van der Waals surface area contributed by atoms with E-state index in [1.807, 2.05) is 26.0 Å². The summed E-state index contributed by atoms with van der Waals surface area (Å²) in [6.07, 6.45) is -0.703. The van der Waals surface area contributed by atoms with Gasteiger partial charge >= 0.3 is 5.97 Å². The predicted octanol–water partition coefficient (Wildman–Crippen LogP) is 2.85. The number of hydrogen-bond donors (Lipinski definition) is 1. The van der Waals surface area contributed by atoms with Crippen molar-refractivity contribution in [3.8, 4) is 0 Å². The van der Waals surface area contributed by atoms with Gasteiger partial charge in [0.2, 0.25) is 0 Å². The van der Waals surface area contributed by atoms with E-state index in [1.165, 1.54) is 0 Å². The molecule has 1 N–H and O–H groups in total. The van der Waals surface area contributed by atoms with Gasteiger partial charge in [0, 0.05) is 24.2 Å². The van der Waals surface area contributed by atoms with Crippen LogP contribution in [-0.4, -0.2) is 53.5 Å². The third-order valence-electron chi connectivity index (χ3n) is 5.00. The molecule has 0 aromatic heterocycles. The van der Waals surface area contributed by atoms with E-state index in [2.05, 4.69) is 0 Å². The molecule has 0 radical (unpaired) electrons. The molecular formula is C22H23NO5. The fourth-order valence-electron chi connectivity index (χ4n) is 3.30. The molecule has 6 nitrogen and oxygen atoms in total. The highest BCUT2D eigenvalue weighted by Gasteiger charge is 2.28. The van der Waals surface area contributed by atoms with Crippen molar-refractivity contribution in [3.05, 3.63) is 70.3 Å². The minimum Gasteiger partial charge on any atom is -0.481 e. The van der Waals surface area contributed by atoms with Gasteiger partial charge in [0.15, 0.2) is 5.78 Å². The Labute approximate surface area is 163 Å². The first-order valence-electron chi connectivity index (χ1n) is 9.20. The molecule has 0 aliphatic carbocycles. The van der Waals surface area contributed by atoms with E-state index in [1.54, 1.807) is 35.2 Å². The van der Waals surface area contributed by atoms with Gasteiger partial charge in [0.05, 0.1) is 24.7 Å². The van der Waals surface area contributed by atoms with Gasteiger partial charge in [-0.2, -0.15) is 0 Å². The van der Waals surface area contributed by atoms with Crippen LogP contribution in [0.3, 0.4) is 0 Å². The molecule has 1 saturated heterocycles. The summed E-state index contributed by atoms with van der Waals surface area (Å²) in [6.45, 7) is 4.75. The van der Waals surface area contributed by atoms with E-state index >= 15 is 0 Å². The Morgan fingerprint density at radius 1 is 1.07 bits per heavy atom. The van der Waals surface area contributed by atoms with Gasteiger partial charge in [-0.25, -0.2) is 0 Å². The summed E-state index contributed by atoms with van der Waals surface area (Å²) in [7, 11) is 0. The lowest BCUT2D eigenvalue weighted by Gasteiger charge is -2.32. The number of aryl methyl sites for hydroxylation is 2. The van der Waals surface area contributed by atoms with Gasteiger partial charge in [0.25, 0.3) is 5.91 Å². The Kier molecular flexibility index (Phi) is 5.90. The molecule has 146 valence electrons. The van der Waals surface area contributed by atoms with Crippen molar-refractivity contribution in [3.63, 3.8) is 0 Å². The molecular weight excluding hydrogens is 358 g/mol. The Morgan fingerprint density at radius 3 is 2.46 bits per heavy atom. The Hall–Kier alpha value is -2.99. The fraction of sp³-hybridized carbons (Fsp3) is 0.318. The number of morpholine rings is 1. The van der Waals surface area contributed by atoms with Crippen LogP contribution in [0.4, 0.5) is 0 Å². The number of carboxylic acids is 1. The van der Waals surface area contributed by atoms with E-state index in [0.717, 1.165) is 11.1 Å². The highest BCUT2D eigenvalue weighted by atomic mass is 16.5. The van der Waals surface area contributed by atoms with E-state index in [4.69, 9.17) is 9.84 Å². The van der Waals surface area contributed by atoms with Gasteiger partial charge in [0.1, 0.15) is 0 Å². The SMILES string of the molecule is Cc1ccc(C(=O)c2ccccc2C(=O)N2CCO[C@H](CC(=O)O)C2)cc1C. The van der Waals surface area contributed by atoms with Crippen molar-refractivity contribution in [1.82, 2.24) is 4.90 Å². The first-order valence-corrected chi connectivity index (χ1v) is 9.20. The third-order valence-corrected chi connectivity index (χ3v) is 5.00. The Balaban J connectivity index is 1.87. The van der Waals surface area contributed by atoms with Crippen LogP contribution < -0.4 is 0 Å². The van der Waals surface area contributed by atoms with Gasteiger partial charge in [-0.05, 0) is 37.1 Å². The van der Waals surface area contributed by atoms with Crippen LogP contribution in [0.5, 0.6) is 0 Å². The number of hydrogen-bond acceptors (Lipinski definition) is 4. The first-order chi connectivity index (χ1) is 13.4. The summed E-state index contributed by atoms with van der Waals surface area (Å²) >= 11 is 0. The third kappa shape index (κ3) is 4.28. The smallest absolute Gasteiger partial charge is 0.306 e. The maximum atomic E-state index is 13.1. The predicted molar refractivity (Wildman–Crippen MR) is 104 cm³/mol. The molecule has 1 aliphatic heterocycles. The number of carboxylic acid groups (broad SMARTS) is 1. The zero-order valence-electron chi connectivity index (χ0n) is 16.0. The number of ether oxygens (including phenoxy) is 1. The summed E-state index contributed by atoms with van der Waals surface area (Å²) in [5.41, 5.74) is 3.31. The summed E-state index contributed by atoms with van der Waals surface area (Å²) < 4.78 is 5.43. The van der Waals surface area contributed by atoms with E-state index < -0.39 is 12.1 Å². The average molecular weight is 381 g/mol. The molecule has 0 bridgehead atoms. The zero-order valence-corrected chi connectivity index (χ0v) is 16.0. The lowest BCUT2D eigenvalue weighted by atomic mass is 9.95. The topological polar surface area (TPSA) is 83.9 Å². The van der Waals surface area contributed by atoms with Crippen molar-refractivity contribution in [2.75, 3.05) is 19.7 Å². The number of carbonyl (C=O) groups excluding carboxylic acids is 2. The molecule has 2 aromatic carbocycles. The van der Waals surface area contributed by atoms with Gasteiger partial charge in [-0.15, -0.1) is 0 Å². The van der Waals surface area contributed by atoms with Crippen LogP contribution in [-0.2, 0) is 9.53 Å². The summed E-state index contributed by atoms with van der Waals surface area (Å²) in [4.78, 5) is 38.6. The van der Waals surface area contributed by atoms with Crippen LogP contribution in [0, 0.1) is 13.8 Å². The second-order valence-corrected chi connectivity index (χ2v) is 7.02. The fourth-order valence-corrected chi connectivity index (χ4v) is 3.30. The van der Waals surface area contributed by atoms with Crippen LogP contribution in [0.2, 0.25) is 0 Å². The zero-order chi connectivity index (χ0) is 20.3. The number of ketones is 1. The highest BCUT2D eigenvalue weighted by molar-refractivity contribution is 6.15. The molecule has 0 spiro atoms. The maximum absolute atomic E-state index is 13.1. The maximum Gasteiger partial charge on any atom is 0.306 e. The number of rotatable bonds is 5. The molecule has 1 aliphatic rings. The van der Waals surface area contributed by atoms with Crippen molar-refractivity contribution < 1.29 is 24.2 Å². The van der Waals surface area contributed by atoms with Gasteiger partial charge in [-0.1, -0.05) is 30.3 Å². The summed E-state index contributed by atoms with van der Waals surface area (Å²) in [5, 5.41) is 8.96. The van der Waals surface area contributed by atoms with E-state index in [9.17, 15) is 14.4 Å². The number of nitrogens with zero attached hydrogens (tertiary/aromatic N) is 1. The quantitative estimate of drug-likeness (QED) is 0.805. The van der Waals surface area contributed by atoms with Crippen molar-refractivity contribution in [2.45, 2.75) is 26.4 Å². The first kappa shape index (κ1) is 19.8. The minimum atomic E-state index is -0.968. The molecule has 0 unspecified atom stereocenters. The molecule has 1 heterocycles. The monoisotopic (exact) mass is 381 g/mol.